The summed E-state index contributed by atoms with van der Waals surface area (Å²) >= 11 is 0. The number of hydrogen-bond donors (Lipinski definition) is 3. The summed E-state index contributed by atoms with van der Waals surface area (Å²) in [6.45, 7) is 0.0631. The maximum Gasteiger partial charge on any atom is 0.414 e. The van der Waals surface area contributed by atoms with Crippen molar-refractivity contribution in [3.05, 3.63) is 95.1 Å². The number of ether oxygens (including phenoxy) is 1. The van der Waals surface area contributed by atoms with E-state index in [-0.39, 0.29) is 25.0 Å². The van der Waals surface area contributed by atoms with Crippen LogP contribution < -0.4 is 5.32 Å². The molecule has 1 atom stereocenters. The first-order valence-electron chi connectivity index (χ1n) is 10.6. The molecule has 3 N–H and O–H groups in total. The highest BCUT2D eigenvalue weighted by molar-refractivity contribution is 6.00. The summed E-state index contributed by atoms with van der Waals surface area (Å²) in [6.07, 6.45) is 4.36. The number of anilines is 1. The number of H-pyrrole nitrogens is 1. The minimum Gasteiger partial charge on any atom is -0.436 e. The predicted octanol–water partition coefficient (Wildman–Crippen LogP) is 3.59. The third-order valence-corrected chi connectivity index (χ3v) is 5.74. The normalized spacial score (nSPS) is 16.8. The van der Waals surface area contributed by atoms with Crippen LogP contribution in [0.2, 0.25) is 0 Å². The summed E-state index contributed by atoms with van der Waals surface area (Å²) < 4.78 is 4.80. The molecule has 8 heteroatoms. The maximum absolute atomic E-state index is 13.3. The number of fused-ring (bicyclic) bond motifs is 2. The number of aromatic nitrogens is 2. The van der Waals surface area contributed by atoms with Gasteiger partial charge in [0.05, 0.1) is 11.0 Å². The van der Waals surface area contributed by atoms with E-state index < -0.39 is 11.8 Å². The predicted molar refractivity (Wildman–Crippen MR) is 126 cm³/mol. The zero-order valence-corrected chi connectivity index (χ0v) is 18.0. The fourth-order valence-corrected chi connectivity index (χ4v) is 4.20. The number of aromatic amines is 1. The molecule has 2 amide bonds. The molecule has 8 nitrogen and oxygen atoms in total. The van der Waals surface area contributed by atoms with Crippen molar-refractivity contribution < 1.29 is 19.4 Å². The molecule has 5 rings (SSSR count). The summed E-state index contributed by atoms with van der Waals surface area (Å²) in [7, 11) is 0. The molecular formula is C26H20N4O4. The van der Waals surface area contributed by atoms with Crippen molar-refractivity contribution in [2.75, 3.05) is 11.9 Å². The Balaban J connectivity index is 1.55. The van der Waals surface area contributed by atoms with E-state index in [2.05, 4.69) is 21.2 Å². The van der Waals surface area contributed by atoms with Crippen LogP contribution in [0.25, 0.3) is 11.0 Å². The van der Waals surface area contributed by atoms with E-state index >= 15 is 0 Å². The fraction of sp³-hybridized carbons (Fsp3) is 0.115. The first-order valence-corrected chi connectivity index (χ1v) is 10.6. The molecule has 0 fully saturated rings. The van der Waals surface area contributed by atoms with Crippen molar-refractivity contribution in [3.63, 3.8) is 0 Å². The standard InChI is InChI=1S/C26H20N4O4/c1-2-14-34-25(32)29-24-27-21-13-12-18(15-22(21)28-24)26(33)20-11-7-6-10-19(20)23(31)30(26)16-17-8-4-3-5-9-17/h1,3-13,15,33H,14,16H2,(H2,27,28,29,32). The fourth-order valence-electron chi connectivity index (χ4n) is 4.20. The number of amides is 2. The van der Waals surface area contributed by atoms with Crippen LogP contribution in [0.3, 0.4) is 0 Å². The SMILES string of the molecule is C#CCOC(=O)Nc1nc2ccc(C3(O)c4ccccc4C(=O)N3Cc3ccccc3)cc2[nH]1. The van der Waals surface area contributed by atoms with Crippen LogP contribution >= 0.6 is 0 Å². The Morgan fingerprint density at radius 1 is 1.15 bits per heavy atom. The monoisotopic (exact) mass is 452 g/mol. The van der Waals surface area contributed by atoms with Gasteiger partial charge in [0, 0.05) is 23.2 Å². The third kappa shape index (κ3) is 3.54. The summed E-state index contributed by atoms with van der Waals surface area (Å²) in [5.41, 5.74) is 1.76. The lowest BCUT2D eigenvalue weighted by molar-refractivity contribution is -0.0542. The number of benzene rings is 3. The van der Waals surface area contributed by atoms with Crippen LogP contribution in [-0.2, 0) is 17.0 Å². The Morgan fingerprint density at radius 3 is 2.71 bits per heavy atom. The second-order valence-corrected chi connectivity index (χ2v) is 7.82. The molecule has 2 heterocycles. The van der Waals surface area contributed by atoms with Gasteiger partial charge in [0.15, 0.2) is 12.3 Å². The number of hydrogen-bond acceptors (Lipinski definition) is 5. The Labute approximate surface area is 195 Å². The van der Waals surface area contributed by atoms with Gasteiger partial charge in [-0.25, -0.2) is 9.78 Å². The van der Waals surface area contributed by atoms with Gasteiger partial charge in [-0.1, -0.05) is 60.5 Å². The molecule has 1 aromatic heterocycles. The van der Waals surface area contributed by atoms with E-state index in [4.69, 9.17) is 11.2 Å². The lowest BCUT2D eigenvalue weighted by atomic mass is 9.93. The van der Waals surface area contributed by atoms with Crippen molar-refractivity contribution in [2.45, 2.75) is 12.3 Å². The lowest BCUT2D eigenvalue weighted by Crippen LogP contribution is -2.44. The first kappa shape index (κ1) is 21.2. The van der Waals surface area contributed by atoms with Gasteiger partial charge in [-0.15, -0.1) is 6.42 Å². The Hall–Kier alpha value is -4.61. The molecule has 0 aliphatic carbocycles. The molecule has 1 unspecified atom stereocenters. The Morgan fingerprint density at radius 2 is 1.91 bits per heavy atom. The van der Waals surface area contributed by atoms with Crippen LogP contribution in [0.15, 0.2) is 72.8 Å². The third-order valence-electron chi connectivity index (χ3n) is 5.74. The topological polar surface area (TPSA) is 108 Å². The lowest BCUT2D eigenvalue weighted by Gasteiger charge is -2.35. The number of nitrogens with zero attached hydrogens (tertiary/aromatic N) is 2. The summed E-state index contributed by atoms with van der Waals surface area (Å²) in [5.74, 6) is 2.13. The van der Waals surface area contributed by atoms with Crippen molar-refractivity contribution in [1.29, 1.82) is 0 Å². The van der Waals surface area contributed by atoms with Gasteiger partial charge in [0.1, 0.15) is 0 Å². The molecule has 4 aromatic rings. The largest absolute Gasteiger partial charge is 0.436 e. The summed E-state index contributed by atoms with van der Waals surface area (Å²) in [5, 5.41) is 14.6. The quantitative estimate of drug-likeness (QED) is 0.401. The van der Waals surface area contributed by atoms with Crippen molar-refractivity contribution in [1.82, 2.24) is 14.9 Å². The van der Waals surface area contributed by atoms with Crippen molar-refractivity contribution in [3.8, 4) is 12.3 Å². The van der Waals surface area contributed by atoms with Gasteiger partial charge in [-0.05, 0) is 23.8 Å². The van der Waals surface area contributed by atoms with E-state index in [1.54, 1.807) is 42.5 Å². The molecule has 3 aromatic carbocycles. The van der Waals surface area contributed by atoms with Gasteiger partial charge in [-0.3, -0.25) is 15.0 Å². The first-order chi connectivity index (χ1) is 16.5. The zero-order valence-electron chi connectivity index (χ0n) is 18.0. The van der Waals surface area contributed by atoms with E-state index in [0.717, 1.165) is 5.56 Å². The van der Waals surface area contributed by atoms with Crippen LogP contribution in [0, 0.1) is 12.3 Å². The Kier molecular flexibility index (Phi) is 5.24. The number of aliphatic hydroxyl groups is 1. The van der Waals surface area contributed by atoms with Gasteiger partial charge in [0.2, 0.25) is 5.95 Å². The van der Waals surface area contributed by atoms with E-state index in [9.17, 15) is 14.7 Å². The number of carbonyl (C=O) groups is 2. The highest BCUT2D eigenvalue weighted by Crippen LogP contribution is 2.43. The van der Waals surface area contributed by atoms with E-state index in [0.29, 0.717) is 27.7 Å². The molecule has 168 valence electrons. The molecule has 34 heavy (non-hydrogen) atoms. The van der Waals surface area contributed by atoms with Gasteiger partial charge >= 0.3 is 6.09 Å². The smallest absolute Gasteiger partial charge is 0.414 e. The number of terminal acetylenes is 1. The number of carbonyl (C=O) groups excluding carboxylic acids is 2. The summed E-state index contributed by atoms with van der Waals surface area (Å²) in [6, 6.07) is 21.7. The van der Waals surface area contributed by atoms with Gasteiger partial charge < -0.3 is 14.8 Å². The van der Waals surface area contributed by atoms with Crippen molar-refractivity contribution >= 4 is 29.0 Å². The molecule has 0 spiro atoms. The second-order valence-electron chi connectivity index (χ2n) is 7.82. The molecule has 0 radical (unpaired) electrons. The average Bonchev–Trinajstić information content (AvgIpc) is 3.35. The summed E-state index contributed by atoms with van der Waals surface area (Å²) in [4.78, 5) is 33.9. The molecular weight excluding hydrogens is 432 g/mol. The molecule has 0 saturated heterocycles. The molecule has 0 saturated carbocycles. The average molecular weight is 452 g/mol. The molecule has 0 bridgehead atoms. The number of imidazole rings is 1. The van der Waals surface area contributed by atoms with Crippen molar-refractivity contribution in [2.24, 2.45) is 0 Å². The molecule has 1 aliphatic heterocycles. The van der Waals surface area contributed by atoms with E-state index in [1.165, 1.54) is 4.90 Å². The van der Waals surface area contributed by atoms with Gasteiger partial charge in [0.25, 0.3) is 5.91 Å². The number of nitrogens with one attached hydrogen (secondary N) is 2. The number of rotatable bonds is 5. The highest BCUT2D eigenvalue weighted by Gasteiger charge is 2.49. The van der Waals surface area contributed by atoms with Crippen LogP contribution in [0.4, 0.5) is 10.7 Å². The highest BCUT2D eigenvalue weighted by atomic mass is 16.5. The van der Waals surface area contributed by atoms with Crippen LogP contribution in [0.5, 0.6) is 0 Å². The zero-order chi connectivity index (χ0) is 23.7. The minimum absolute atomic E-state index is 0.159. The molecule has 1 aliphatic rings. The van der Waals surface area contributed by atoms with E-state index in [1.807, 2.05) is 30.3 Å². The van der Waals surface area contributed by atoms with Crippen LogP contribution in [0.1, 0.15) is 27.0 Å². The maximum atomic E-state index is 13.3. The Bertz CT molecular complexity index is 1440. The van der Waals surface area contributed by atoms with Gasteiger partial charge in [-0.2, -0.15) is 0 Å². The second kappa shape index (κ2) is 8.39. The van der Waals surface area contributed by atoms with Crippen LogP contribution in [-0.4, -0.2) is 38.6 Å². The minimum atomic E-state index is -1.69.